The van der Waals surface area contributed by atoms with E-state index in [9.17, 15) is 18.0 Å². The predicted octanol–water partition coefficient (Wildman–Crippen LogP) is 0.365. The molecule has 1 aliphatic rings. The summed E-state index contributed by atoms with van der Waals surface area (Å²) >= 11 is 0. The van der Waals surface area contributed by atoms with E-state index in [1.165, 1.54) is 0 Å². The monoisotopic (exact) mass is 306 g/mol. The van der Waals surface area contributed by atoms with Crippen LogP contribution in [0.5, 0.6) is 0 Å². The molecule has 1 aliphatic carbocycles. The molecule has 1 fully saturated rings. The molecule has 116 valence electrons. The fraction of sp³-hybridized carbons (Fsp3) is 0.833. The molecule has 0 radical (unpaired) electrons. The van der Waals surface area contributed by atoms with Crippen LogP contribution in [0.3, 0.4) is 0 Å². The van der Waals surface area contributed by atoms with E-state index >= 15 is 0 Å². The first-order valence-electron chi connectivity index (χ1n) is 6.72. The number of carbonyl (C=O) groups excluding carboxylic acids is 1. The quantitative estimate of drug-likeness (QED) is 0.599. The van der Waals surface area contributed by atoms with Gasteiger partial charge in [-0.15, -0.1) is 0 Å². The SMILES string of the molecule is CCS(=O)(=O)CCNC(=O)NCC1(CC(=O)O)CCC1. The zero-order chi connectivity index (χ0) is 15.2. The number of aliphatic carboxylic acids is 1. The maximum absolute atomic E-state index is 11.5. The Balaban J connectivity index is 2.27. The van der Waals surface area contributed by atoms with Crippen LogP contribution in [0.25, 0.3) is 0 Å². The van der Waals surface area contributed by atoms with Gasteiger partial charge in [0.15, 0.2) is 9.84 Å². The summed E-state index contributed by atoms with van der Waals surface area (Å²) in [7, 11) is -3.09. The van der Waals surface area contributed by atoms with Crippen molar-refractivity contribution in [2.24, 2.45) is 5.41 Å². The second kappa shape index (κ2) is 6.92. The Hall–Kier alpha value is -1.31. The first-order chi connectivity index (χ1) is 9.29. The molecule has 20 heavy (non-hydrogen) atoms. The summed E-state index contributed by atoms with van der Waals surface area (Å²) in [4.78, 5) is 22.3. The van der Waals surface area contributed by atoms with Crippen LogP contribution in [-0.2, 0) is 14.6 Å². The van der Waals surface area contributed by atoms with E-state index in [0.29, 0.717) is 6.54 Å². The third-order valence-electron chi connectivity index (χ3n) is 3.70. The summed E-state index contributed by atoms with van der Waals surface area (Å²) in [5, 5.41) is 13.9. The highest BCUT2D eigenvalue weighted by atomic mass is 32.2. The second-order valence-corrected chi connectivity index (χ2v) is 7.74. The van der Waals surface area contributed by atoms with Crippen molar-refractivity contribution in [3.05, 3.63) is 0 Å². The van der Waals surface area contributed by atoms with Gasteiger partial charge < -0.3 is 15.7 Å². The molecule has 0 aromatic heterocycles. The standard InChI is InChI=1S/C12H22N2O5S/c1-2-20(18,19)7-6-13-11(17)14-9-12(4-3-5-12)8-10(15)16/h2-9H2,1H3,(H,15,16)(H2,13,14,17). The molecule has 0 aliphatic heterocycles. The molecule has 0 aromatic carbocycles. The van der Waals surface area contributed by atoms with Crippen LogP contribution in [0, 0.1) is 5.41 Å². The highest BCUT2D eigenvalue weighted by molar-refractivity contribution is 7.91. The molecular formula is C12H22N2O5S. The van der Waals surface area contributed by atoms with Crippen LogP contribution in [-0.4, -0.2) is 50.1 Å². The molecule has 2 amide bonds. The Kier molecular flexibility index (Phi) is 5.79. The van der Waals surface area contributed by atoms with Crippen LogP contribution in [0.1, 0.15) is 32.6 Å². The van der Waals surface area contributed by atoms with Crippen LogP contribution in [0.4, 0.5) is 4.79 Å². The van der Waals surface area contributed by atoms with Crippen LogP contribution >= 0.6 is 0 Å². The molecule has 0 spiro atoms. The number of sulfone groups is 1. The molecule has 0 unspecified atom stereocenters. The lowest BCUT2D eigenvalue weighted by Crippen LogP contribution is -2.47. The minimum atomic E-state index is -3.09. The predicted molar refractivity (Wildman–Crippen MR) is 74.3 cm³/mol. The fourth-order valence-electron chi connectivity index (χ4n) is 2.21. The van der Waals surface area contributed by atoms with Gasteiger partial charge in [-0.2, -0.15) is 0 Å². The number of carboxylic acids is 1. The molecule has 0 atom stereocenters. The van der Waals surface area contributed by atoms with Gasteiger partial charge in [0.05, 0.1) is 12.2 Å². The van der Waals surface area contributed by atoms with Gasteiger partial charge in [0.25, 0.3) is 0 Å². The molecule has 0 aromatic rings. The van der Waals surface area contributed by atoms with Crippen LogP contribution < -0.4 is 10.6 Å². The fourth-order valence-corrected chi connectivity index (χ4v) is 2.91. The van der Waals surface area contributed by atoms with Crippen LogP contribution in [0.2, 0.25) is 0 Å². The van der Waals surface area contributed by atoms with Gasteiger partial charge in [-0.3, -0.25) is 4.79 Å². The van der Waals surface area contributed by atoms with Gasteiger partial charge in [0.2, 0.25) is 0 Å². The van der Waals surface area contributed by atoms with Crippen LogP contribution in [0.15, 0.2) is 0 Å². The molecule has 8 heteroatoms. The Labute approximate surface area is 119 Å². The van der Waals surface area contributed by atoms with Gasteiger partial charge >= 0.3 is 12.0 Å². The van der Waals surface area contributed by atoms with Gasteiger partial charge in [-0.1, -0.05) is 13.3 Å². The molecule has 7 nitrogen and oxygen atoms in total. The first-order valence-corrected chi connectivity index (χ1v) is 8.55. The first kappa shape index (κ1) is 16.7. The highest BCUT2D eigenvalue weighted by Gasteiger charge is 2.39. The number of urea groups is 1. The Bertz CT molecular complexity index is 456. The molecular weight excluding hydrogens is 284 g/mol. The number of hydrogen-bond donors (Lipinski definition) is 3. The smallest absolute Gasteiger partial charge is 0.314 e. The van der Waals surface area contributed by atoms with E-state index in [2.05, 4.69) is 10.6 Å². The summed E-state index contributed by atoms with van der Waals surface area (Å²) in [6, 6.07) is -0.451. The van der Waals surface area contributed by atoms with E-state index in [1.807, 2.05) is 0 Å². The highest BCUT2D eigenvalue weighted by Crippen LogP contribution is 2.43. The molecule has 0 saturated heterocycles. The van der Waals surface area contributed by atoms with Gasteiger partial charge in [0.1, 0.15) is 0 Å². The molecule has 1 saturated carbocycles. The normalized spacial score (nSPS) is 17.1. The van der Waals surface area contributed by atoms with Crippen molar-refractivity contribution in [1.82, 2.24) is 10.6 Å². The average Bonchev–Trinajstić information content (AvgIpc) is 2.32. The topological polar surface area (TPSA) is 113 Å². The summed E-state index contributed by atoms with van der Waals surface area (Å²) in [6.45, 7) is 1.93. The zero-order valence-electron chi connectivity index (χ0n) is 11.6. The van der Waals surface area contributed by atoms with Crippen molar-refractivity contribution in [3.63, 3.8) is 0 Å². The third kappa shape index (κ3) is 5.36. The second-order valence-electron chi connectivity index (χ2n) is 5.27. The van der Waals surface area contributed by atoms with Gasteiger partial charge in [0, 0.05) is 18.8 Å². The maximum atomic E-state index is 11.5. The molecule has 0 bridgehead atoms. The maximum Gasteiger partial charge on any atom is 0.314 e. The van der Waals surface area contributed by atoms with Crippen molar-refractivity contribution >= 4 is 21.8 Å². The zero-order valence-corrected chi connectivity index (χ0v) is 12.5. The van der Waals surface area contributed by atoms with Crippen molar-refractivity contribution in [2.75, 3.05) is 24.6 Å². The van der Waals surface area contributed by atoms with E-state index in [0.717, 1.165) is 19.3 Å². The number of nitrogens with one attached hydrogen (secondary N) is 2. The lowest BCUT2D eigenvalue weighted by Gasteiger charge is -2.40. The Morgan fingerprint density at radius 3 is 2.35 bits per heavy atom. The Morgan fingerprint density at radius 1 is 1.25 bits per heavy atom. The average molecular weight is 306 g/mol. The minimum Gasteiger partial charge on any atom is -0.481 e. The van der Waals surface area contributed by atoms with E-state index in [1.54, 1.807) is 6.92 Å². The third-order valence-corrected chi connectivity index (χ3v) is 5.41. The minimum absolute atomic E-state index is 0.0531. The number of hydrogen-bond acceptors (Lipinski definition) is 4. The van der Waals surface area contributed by atoms with Crippen molar-refractivity contribution in [3.8, 4) is 0 Å². The lowest BCUT2D eigenvalue weighted by molar-refractivity contribution is -0.141. The molecule has 0 heterocycles. The number of carboxylic acid groups (broad SMARTS) is 1. The van der Waals surface area contributed by atoms with E-state index in [-0.39, 0.29) is 29.9 Å². The number of carbonyl (C=O) groups is 2. The molecule has 1 rings (SSSR count). The van der Waals surface area contributed by atoms with Crippen molar-refractivity contribution in [1.29, 1.82) is 0 Å². The number of amides is 2. The largest absolute Gasteiger partial charge is 0.481 e. The van der Waals surface area contributed by atoms with Crippen molar-refractivity contribution in [2.45, 2.75) is 32.6 Å². The molecule has 3 N–H and O–H groups in total. The summed E-state index contributed by atoms with van der Waals surface area (Å²) in [6.07, 6.45) is 2.62. The summed E-state index contributed by atoms with van der Waals surface area (Å²) in [5.41, 5.74) is -0.335. The van der Waals surface area contributed by atoms with E-state index in [4.69, 9.17) is 5.11 Å². The summed E-state index contributed by atoms with van der Waals surface area (Å²) < 4.78 is 22.5. The Morgan fingerprint density at radius 2 is 1.90 bits per heavy atom. The van der Waals surface area contributed by atoms with Crippen molar-refractivity contribution < 1.29 is 23.1 Å². The van der Waals surface area contributed by atoms with E-state index < -0.39 is 21.8 Å². The number of rotatable bonds is 8. The van der Waals surface area contributed by atoms with Gasteiger partial charge in [-0.25, -0.2) is 13.2 Å². The summed E-state index contributed by atoms with van der Waals surface area (Å²) in [5.74, 6) is -0.893. The van der Waals surface area contributed by atoms with Gasteiger partial charge in [-0.05, 0) is 18.3 Å². The lowest BCUT2D eigenvalue weighted by atomic mass is 9.66.